The average Bonchev–Trinajstić information content (AvgIpc) is 2.76. The topological polar surface area (TPSA) is 46.1 Å². The molecule has 0 saturated heterocycles. The van der Waals surface area contributed by atoms with E-state index in [4.69, 9.17) is 0 Å². The van der Waals surface area contributed by atoms with E-state index in [0.717, 1.165) is 19.5 Å². The molecule has 0 aliphatic heterocycles. The van der Waals surface area contributed by atoms with E-state index >= 15 is 0 Å². The number of nitrogens with one attached hydrogen (secondary N) is 2. The maximum absolute atomic E-state index is 11.8. The molecule has 1 atom stereocenters. The molecule has 1 heterocycles. The van der Waals surface area contributed by atoms with E-state index in [0.29, 0.717) is 12.5 Å². The van der Waals surface area contributed by atoms with Crippen molar-refractivity contribution in [1.29, 1.82) is 0 Å². The first-order chi connectivity index (χ1) is 9.02. The number of amides is 1. The monoisotopic (exact) mass is 265 g/mol. The van der Waals surface area contributed by atoms with Gasteiger partial charge in [0.15, 0.2) is 0 Å². The minimum absolute atomic E-state index is 0.0740. The van der Waals surface area contributed by atoms with E-state index in [-0.39, 0.29) is 11.9 Å². The molecule has 0 spiro atoms. The van der Waals surface area contributed by atoms with Crippen LogP contribution in [0.3, 0.4) is 0 Å². The van der Waals surface area contributed by atoms with Crippen LogP contribution < -0.4 is 10.6 Å². The fraction of sp³-hybridized carbons (Fsp3) is 0.667. The summed E-state index contributed by atoms with van der Waals surface area (Å²) in [6.45, 7) is 10.7. The summed E-state index contributed by atoms with van der Waals surface area (Å²) in [4.78, 5) is 11.8. The standard InChI is InChI=1S/C15H27N3O/c1-5-7-16-9-14-6-8-18(10-14)11-15(19)17-13(4)12(2)3/h6,8,10,12-13,16H,5,7,9,11H2,1-4H3,(H,17,19). The number of carbonyl (C=O) groups excluding carboxylic acids is 1. The van der Waals surface area contributed by atoms with Crippen LogP contribution in [-0.2, 0) is 17.9 Å². The summed E-state index contributed by atoms with van der Waals surface area (Å²) in [6, 6.07) is 2.27. The van der Waals surface area contributed by atoms with Gasteiger partial charge in [-0.15, -0.1) is 0 Å². The van der Waals surface area contributed by atoms with Gasteiger partial charge in [-0.3, -0.25) is 4.79 Å². The Morgan fingerprint density at radius 3 is 2.74 bits per heavy atom. The largest absolute Gasteiger partial charge is 0.352 e. The molecule has 4 nitrogen and oxygen atoms in total. The van der Waals surface area contributed by atoms with Gasteiger partial charge in [-0.2, -0.15) is 0 Å². The van der Waals surface area contributed by atoms with Gasteiger partial charge < -0.3 is 15.2 Å². The minimum Gasteiger partial charge on any atom is -0.352 e. The van der Waals surface area contributed by atoms with Gasteiger partial charge in [0, 0.05) is 25.0 Å². The summed E-state index contributed by atoms with van der Waals surface area (Å²) in [5, 5.41) is 6.37. The highest BCUT2D eigenvalue weighted by Crippen LogP contribution is 2.03. The van der Waals surface area contributed by atoms with Crippen LogP contribution in [0.15, 0.2) is 18.5 Å². The molecule has 1 rings (SSSR count). The van der Waals surface area contributed by atoms with Gasteiger partial charge in [0.2, 0.25) is 5.91 Å². The lowest BCUT2D eigenvalue weighted by atomic mass is 10.1. The van der Waals surface area contributed by atoms with Crippen molar-refractivity contribution in [2.24, 2.45) is 5.92 Å². The Hall–Kier alpha value is -1.29. The highest BCUT2D eigenvalue weighted by atomic mass is 16.2. The van der Waals surface area contributed by atoms with Gasteiger partial charge in [-0.05, 0) is 37.4 Å². The van der Waals surface area contributed by atoms with Crippen molar-refractivity contribution in [2.45, 2.75) is 53.2 Å². The number of nitrogens with zero attached hydrogens (tertiary/aromatic N) is 1. The Balaban J connectivity index is 2.38. The van der Waals surface area contributed by atoms with Crippen molar-refractivity contribution in [3.05, 3.63) is 24.0 Å². The van der Waals surface area contributed by atoms with Crippen molar-refractivity contribution >= 4 is 5.91 Å². The van der Waals surface area contributed by atoms with E-state index in [2.05, 4.69) is 37.5 Å². The summed E-state index contributed by atoms with van der Waals surface area (Å²) in [5.41, 5.74) is 1.22. The zero-order valence-corrected chi connectivity index (χ0v) is 12.6. The van der Waals surface area contributed by atoms with Crippen LogP contribution in [0.2, 0.25) is 0 Å². The van der Waals surface area contributed by atoms with Gasteiger partial charge in [-0.25, -0.2) is 0 Å². The van der Waals surface area contributed by atoms with Crippen LogP contribution in [0.25, 0.3) is 0 Å². The minimum atomic E-state index is 0.0740. The van der Waals surface area contributed by atoms with E-state index in [1.807, 2.05) is 23.9 Å². The highest BCUT2D eigenvalue weighted by Gasteiger charge is 2.10. The Bertz CT molecular complexity index is 384. The fourth-order valence-corrected chi connectivity index (χ4v) is 1.74. The Morgan fingerprint density at radius 2 is 2.11 bits per heavy atom. The molecule has 0 radical (unpaired) electrons. The average molecular weight is 265 g/mol. The molecule has 2 N–H and O–H groups in total. The Morgan fingerprint density at radius 1 is 1.37 bits per heavy atom. The Kier molecular flexibility index (Phi) is 6.64. The molecule has 4 heteroatoms. The molecular formula is C15H27N3O. The first-order valence-corrected chi connectivity index (χ1v) is 7.17. The lowest BCUT2D eigenvalue weighted by molar-refractivity contribution is -0.122. The number of hydrogen-bond acceptors (Lipinski definition) is 2. The van der Waals surface area contributed by atoms with Crippen molar-refractivity contribution < 1.29 is 4.79 Å². The number of aromatic nitrogens is 1. The predicted octanol–water partition coefficient (Wildman–Crippen LogP) is 2.15. The second kappa shape index (κ2) is 8.00. The van der Waals surface area contributed by atoms with Crippen molar-refractivity contribution in [1.82, 2.24) is 15.2 Å². The molecule has 0 fully saturated rings. The number of rotatable bonds is 8. The van der Waals surface area contributed by atoms with Crippen LogP contribution in [0.4, 0.5) is 0 Å². The van der Waals surface area contributed by atoms with Crippen molar-refractivity contribution in [2.75, 3.05) is 6.54 Å². The molecule has 0 aliphatic carbocycles. The molecule has 0 saturated carbocycles. The van der Waals surface area contributed by atoms with Gasteiger partial charge in [0.25, 0.3) is 0 Å². The van der Waals surface area contributed by atoms with E-state index < -0.39 is 0 Å². The first kappa shape index (κ1) is 15.8. The van der Waals surface area contributed by atoms with Crippen molar-refractivity contribution in [3.63, 3.8) is 0 Å². The van der Waals surface area contributed by atoms with Crippen LogP contribution in [0.1, 0.15) is 39.7 Å². The highest BCUT2D eigenvalue weighted by molar-refractivity contribution is 5.76. The van der Waals surface area contributed by atoms with Gasteiger partial charge >= 0.3 is 0 Å². The second-order valence-corrected chi connectivity index (χ2v) is 5.47. The summed E-state index contributed by atoms with van der Waals surface area (Å²) in [6.07, 6.45) is 5.13. The maximum Gasteiger partial charge on any atom is 0.240 e. The molecule has 19 heavy (non-hydrogen) atoms. The van der Waals surface area contributed by atoms with Crippen LogP contribution in [0.5, 0.6) is 0 Å². The third kappa shape index (κ3) is 5.92. The lowest BCUT2D eigenvalue weighted by Gasteiger charge is -2.17. The van der Waals surface area contributed by atoms with Crippen LogP contribution in [-0.4, -0.2) is 23.1 Å². The number of carbonyl (C=O) groups is 1. The summed E-state index contributed by atoms with van der Waals surface area (Å²) in [5.74, 6) is 0.535. The number of hydrogen-bond donors (Lipinski definition) is 2. The summed E-state index contributed by atoms with van der Waals surface area (Å²) in [7, 11) is 0. The molecule has 1 aromatic heterocycles. The van der Waals surface area contributed by atoms with Crippen molar-refractivity contribution in [3.8, 4) is 0 Å². The maximum atomic E-state index is 11.8. The van der Waals surface area contributed by atoms with E-state index in [1.54, 1.807) is 0 Å². The molecule has 1 unspecified atom stereocenters. The SMILES string of the molecule is CCCNCc1ccn(CC(=O)NC(C)C(C)C)c1. The fourth-order valence-electron chi connectivity index (χ4n) is 1.74. The molecule has 0 aromatic carbocycles. The van der Waals surface area contributed by atoms with Gasteiger partial charge in [-0.1, -0.05) is 20.8 Å². The van der Waals surface area contributed by atoms with Gasteiger partial charge in [0.1, 0.15) is 6.54 Å². The van der Waals surface area contributed by atoms with E-state index in [9.17, 15) is 4.79 Å². The molecule has 0 bridgehead atoms. The molecule has 0 aliphatic rings. The van der Waals surface area contributed by atoms with Gasteiger partial charge in [0.05, 0.1) is 0 Å². The lowest BCUT2D eigenvalue weighted by Crippen LogP contribution is -2.37. The zero-order chi connectivity index (χ0) is 14.3. The molecule has 108 valence electrons. The smallest absolute Gasteiger partial charge is 0.240 e. The van der Waals surface area contributed by atoms with Crippen LogP contribution >= 0.6 is 0 Å². The molecular weight excluding hydrogens is 238 g/mol. The third-order valence-electron chi connectivity index (χ3n) is 3.28. The zero-order valence-electron chi connectivity index (χ0n) is 12.6. The normalized spacial score (nSPS) is 12.7. The predicted molar refractivity (Wildman–Crippen MR) is 78.9 cm³/mol. The molecule has 1 aromatic rings. The quantitative estimate of drug-likeness (QED) is 0.707. The molecule has 1 amide bonds. The third-order valence-corrected chi connectivity index (χ3v) is 3.28. The second-order valence-electron chi connectivity index (χ2n) is 5.47. The van der Waals surface area contributed by atoms with Crippen LogP contribution in [0, 0.1) is 5.92 Å². The summed E-state index contributed by atoms with van der Waals surface area (Å²) < 4.78 is 1.94. The first-order valence-electron chi connectivity index (χ1n) is 7.17. The summed E-state index contributed by atoms with van der Waals surface area (Å²) >= 11 is 0. The van der Waals surface area contributed by atoms with E-state index in [1.165, 1.54) is 5.56 Å². The Labute approximate surface area is 116 Å².